The lowest BCUT2D eigenvalue weighted by molar-refractivity contribution is -0.133. The summed E-state index contributed by atoms with van der Waals surface area (Å²) in [5.74, 6) is 0.859. The molecule has 150 valence electrons. The Morgan fingerprint density at radius 3 is 2.69 bits per heavy atom. The fourth-order valence-electron chi connectivity index (χ4n) is 3.29. The van der Waals surface area contributed by atoms with Crippen LogP contribution in [-0.4, -0.2) is 45.1 Å². The lowest BCUT2D eigenvalue weighted by Gasteiger charge is -2.32. The number of ether oxygens (including phenoxy) is 1. The zero-order chi connectivity index (χ0) is 20.1. The van der Waals surface area contributed by atoms with E-state index in [1.165, 1.54) is 6.07 Å². The van der Waals surface area contributed by atoms with E-state index in [2.05, 4.69) is 15.1 Å². The lowest BCUT2D eigenvalue weighted by Crippen LogP contribution is -2.41. The number of halogens is 1. The van der Waals surface area contributed by atoms with Gasteiger partial charge in [0.15, 0.2) is 11.6 Å². The highest BCUT2D eigenvalue weighted by atomic mass is 19.1. The number of piperidine rings is 1. The summed E-state index contributed by atoms with van der Waals surface area (Å²) in [6.45, 7) is 1.17. The second-order valence-electron chi connectivity index (χ2n) is 6.88. The molecule has 1 aliphatic rings. The van der Waals surface area contributed by atoms with Gasteiger partial charge < -0.3 is 14.2 Å². The monoisotopic (exact) mass is 396 g/mol. The van der Waals surface area contributed by atoms with E-state index in [4.69, 9.17) is 9.26 Å². The van der Waals surface area contributed by atoms with Crippen molar-refractivity contribution in [3.8, 4) is 17.1 Å². The molecule has 1 amide bonds. The normalized spacial score (nSPS) is 14.7. The topological polar surface area (TPSA) is 81.3 Å². The van der Waals surface area contributed by atoms with Crippen LogP contribution in [0.5, 0.6) is 5.75 Å². The number of likely N-dealkylation sites (tertiary alicyclic amines) is 1. The smallest absolute Gasteiger partial charge is 0.227 e. The largest absolute Gasteiger partial charge is 0.487 e. The van der Waals surface area contributed by atoms with Gasteiger partial charge in [0.1, 0.15) is 6.10 Å². The second kappa shape index (κ2) is 8.81. The number of rotatable bonds is 6. The Bertz CT molecular complexity index is 955. The second-order valence-corrected chi connectivity index (χ2v) is 6.88. The van der Waals surface area contributed by atoms with Crippen molar-refractivity contribution in [2.24, 2.45) is 0 Å². The molecular formula is C21H21FN4O3. The van der Waals surface area contributed by atoms with E-state index in [1.54, 1.807) is 47.6 Å². The van der Waals surface area contributed by atoms with Gasteiger partial charge in [0.05, 0.1) is 0 Å². The fraction of sp³-hybridized carbons (Fsp3) is 0.333. The minimum absolute atomic E-state index is 0.0398. The molecule has 0 N–H and O–H groups in total. The number of benzene rings is 1. The molecule has 4 rings (SSSR count). The number of aryl methyl sites for hydroxylation is 1. The Morgan fingerprint density at radius 1 is 1.17 bits per heavy atom. The molecular weight excluding hydrogens is 375 g/mol. The van der Waals surface area contributed by atoms with E-state index >= 15 is 0 Å². The predicted octanol–water partition coefficient (Wildman–Crippen LogP) is 3.27. The summed E-state index contributed by atoms with van der Waals surface area (Å²) in [5, 5.41) is 3.95. The van der Waals surface area contributed by atoms with Crippen LogP contribution in [0.2, 0.25) is 0 Å². The summed E-state index contributed by atoms with van der Waals surface area (Å²) >= 11 is 0. The first kappa shape index (κ1) is 19.0. The van der Waals surface area contributed by atoms with Crippen molar-refractivity contribution in [3.05, 3.63) is 60.5 Å². The summed E-state index contributed by atoms with van der Waals surface area (Å²) in [4.78, 5) is 22.6. The van der Waals surface area contributed by atoms with Gasteiger partial charge in [-0.05, 0) is 24.3 Å². The third kappa shape index (κ3) is 4.77. The molecule has 3 aromatic rings. The van der Waals surface area contributed by atoms with Crippen molar-refractivity contribution in [1.29, 1.82) is 0 Å². The molecule has 0 atom stereocenters. The number of aromatic nitrogens is 3. The van der Waals surface area contributed by atoms with Crippen LogP contribution < -0.4 is 4.74 Å². The maximum absolute atomic E-state index is 13.7. The van der Waals surface area contributed by atoms with Crippen LogP contribution in [0.25, 0.3) is 11.4 Å². The number of hydrogen-bond donors (Lipinski definition) is 0. The minimum Gasteiger partial charge on any atom is -0.487 e. The Morgan fingerprint density at radius 2 is 1.93 bits per heavy atom. The highest BCUT2D eigenvalue weighted by Gasteiger charge is 2.24. The number of para-hydroxylation sites is 1. The van der Waals surface area contributed by atoms with Gasteiger partial charge >= 0.3 is 0 Å². The van der Waals surface area contributed by atoms with Gasteiger partial charge in [0.2, 0.25) is 17.6 Å². The molecule has 3 heterocycles. The van der Waals surface area contributed by atoms with Crippen molar-refractivity contribution in [2.75, 3.05) is 13.1 Å². The minimum atomic E-state index is -0.364. The van der Waals surface area contributed by atoms with Gasteiger partial charge in [0.25, 0.3) is 0 Å². The Labute approximate surface area is 167 Å². The van der Waals surface area contributed by atoms with Gasteiger partial charge in [-0.3, -0.25) is 9.78 Å². The van der Waals surface area contributed by atoms with E-state index in [-0.39, 0.29) is 23.6 Å². The zero-order valence-corrected chi connectivity index (χ0v) is 15.8. The molecule has 0 aliphatic carbocycles. The first-order valence-corrected chi connectivity index (χ1v) is 9.61. The molecule has 0 radical (unpaired) electrons. The molecule has 7 nitrogen and oxygen atoms in total. The maximum Gasteiger partial charge on any atom is 0.227 e. The van der Waals surface area contributed by atoms with Crippen LogP contribution in [-0.2, 0) is 11.2 Å². The van der Waals surface area contributed by atoms with Crippen molar-refractivity contribution in [1.82, 2.24) is 20.0 Å². The number of nitrogens with zero attached hydrogens (tertiary/aromatic N) is 4. The SMILES string of the molecule is O=C(CCc1nc(-c2ccncc2)no1)N1CCC(Oc2ccccc2F)CC1. The molecule has 2 aromatic heterocycles. The van der Waals surface area contributed by atoms with E-state index < -0.39 is 0 Å². The molecule has 0 bridgehead atoms. The van der Waals surface area contributed by atoms with E-state index in [9.17, 15) is 9.18 Å². The molecule has 0 saturated carbocycles. The third-order valence-electron chi connectivity index (χ3n) is 4.88. The quantitative estimate of drug-likeness (QED) is 0.636. The van der Waals surface area contributed by atoms with Crippen LogP contribution in [0.1, 0.15) is 25.2 Å². The molecule has 1 aromatic carbocycles. The molecule has 1 saturated heterocycles. The standard InChI is InChI=1S/C21H21FN4O3/c22-17-3-1-2-4-18(17)28-16-9-13-26(14-10-16)20(27)6-5-19-24-21(25-29-19)15-7-11-23-12-8-15/h1-4,7-8,11-12,16H,5-6,9-10,13-14H2. The predicted molar refractivity (Wildman–Crippen MR) is 102 cm³/mol. The molecule has 29 heavy (non-hydrogen) atoms. The Balaban J connectivity index is 1.24. The number of carbonyl (C=O) groups excluding carboxylic acids is 1. The van der Waals surface area contributed by atoms with Gasteiger partial charge in [-0.1, -0.05) is 17.3 Å². The summed E-state index contributed by atoms with van der Waals surface area (Å²) in [7, 11) is 0. The van der Waals surface area contributed by atoms with Crippen molar-refractivity contribution >= 4 is 5.91 Å². The average molecular weight is 396 g/mol. The van der Waals surface area contributed by atoms with Crippen LogP contribution >= 0.6 is 0 Å². The average Bonchev–Trinajstić information content (AvgIpc) is 3.24. The van der Waals surface area contributed by atoms with Crippen LogP contribution in [0.15, 0.2) is 53.3 Å². The molecule has 8 heteroatoms. The summed E-state index contributed by atoms with van der Waals surface area (Å²) in [6, 6.07) is 9.98. The number of amides is 1. The van der Waals surface area contributed by atoms with Gasteiger partial charge in [-0.2, -0.15) is 4.98 Å². The number of hydrogen-bond acceptors (Lipinski definition) is 6. The summed E-state index contributed by atoms with van der Waals surface area (Å²) in [5.41, 5.74) is 0.818. The number of pyridine rings is 1. The van der Waals surface area contributed by atoms with Crippen LogP contribution in [0, 0.1) is 5.82 Å². The van der Waals surface area contributed by atoms with Crippen LogP contribution in [0.3, 0.4) is 0 Å². The van der Waals surface area contributed by atoms with E-state index in [0.717, 1.165) is 5.56 Å². The highest BCUT2D eigenvalue weighted by molar-refractivity contribution is 5.76. The van der Waals surface area contributed by atoms with Crippen molar-refractivity contribution in [2.45, 2.75) is 31.8 Å². The molecule has 0 spiro atoms. The first-order chi connectivity index (χ1) is 14.2. The molecule has 1 fully saturated rings. The van der Waals surface area contributed by atoms with Gasteiger partial charge in [-0.15, -0.1) is 0 Å². The Hall–Kier alpha value is -3.29. The molecule has 1 aliphatic heterocycles. The van der Waals surface area contributed by atoms with E-state index in [1.807, 2.05) is 0 Å². The Kier molecular flexibility index (Phi) is 5.79. The first-order valence-electron chi connectivity index (χ1n) is 9.61. The van der Waals surface area contributed by atoms with Gasteiger partial charge in [0, 0.05) is 56.7 Å². The number of carbonyl (C=O) groups is 1. The van der Waals surface area contributed by atoms with Gasteiger partial charge in [-0.25, -0.2) is 4.39 Å². The third-order valence-corrected chi connectivity index (χ3v) is 4.88. The van der Waals surface area contributed by atoms with Crippen LogP contribution in [0.4, 0.5) is 4.39 Å². The summed E-state index contributed by atoms with van der Waals surface area (Å²) in [6.07, 6.45) is 5.27. The molecule has 0 unspecified atom stereocenters. The zero-order valence-electron chi connectivity index (χ0n) is 15.8. The highest BCUT2D eigenvalue weighted by Crippen LogP contribution is 2.22. The fourth-order valence-corrected chi connectivity index (χ4v) is 3.29. The summed E-state index contributed by atoms with van der Waals surface area (Å²) < 4.78 is 24.7. The maximum atomic E-state index is 13.7. The van der Waals surface area contributed by atoms with E-state index in [0.29, 0.717) is 50.5 Å². The van der Waals surface area contributed by atoms with Crippen molar-refractivity contribution < 1.29 is 18.4 Å². The lowest BCUT2D eigenvalue weighted by atomic mass is 10.1. The van der Waals surface area contributed by atoms with Crippen molar-refractivity contribution in [3.63, 3.8) is 0 Å².